The standard InChI is InChI=1S/C19H31N5O2/c1-11(2)7-14-10-16(23-19(20)22-14)18(26)24-17(13-8-15(25)9-13)12-3-5-21-6-4-12/h10-13,15,17,21,25H,3-9H2,1-2H3,(H,24,26)(H2,20,22,23)/t13?,15?,17-/m1/s1. The van der Waals surface area contributed by atoms with Crippen LogP contribution in [0.4, 0.5) is 5.95 Å². The molecule has 3 rings (SSSR count). The third-order valence-corrected chi connectivity index (χ3v) is 5.49. The van der Waals surface area contributed by atoms with E-state index in [0.29, 0.717) is 23.4 Å². The summed E-state index contributed by atoms with van der Waals surface area (Å²) >= 11 is 0. The molecule has 1 aromatic heterocycles. The normalized spacial score (nSPS) is 24.9. The summed E-state index contributed by atoms with van der Waals surface area (Å²) in [7, 11) is 0. The molecule has 7 heteroatoms. The molecule has 144 valence electrons. The number of rotatable bonds is 6. The third-order valence-electron chi connectivity index (χ3n) is 5.49. The Morgan fingerprint density at radius 2 is 2.00 bits per heavy atom. The first-order valence-corrected chi connectivity index (χ1v) is 9.75. The van der Waals surface area contributed by atoms with Gasteiger partial charge in [0.2, 0.25) is 5.95 Å². The van der Waals surface area contributed by atoms with Crippen molar-refractivity contribution in [3.05, 3.63) is 17.5 Å². The number of hydrogen-bond donors (Lipinski definition) is 4. The van der Waals surface area contributed by atoms with Crippen LogP contribution in [0.1, 0.15) is 55.7 Å². The van der Waals surface area contributed by atoms with Crippen molar-refractivity contribution in [2.45, 2.75) is 58.1 Å². The van der Waals surface area contributed by atoms with E-state index in [1.807, 2.05) is 0 Å². The van der Waals surface area contributed by atoms with Crippen molar-refractivity contribution >= 4 is 11.9 Å². The van der Waals surface area contributed by atoms with Gasteiger partial charge in [-0.05, 0) is 69.0 Å². The van der Waals surface area contributed by atoms with Crippen molar-refractivity contribution < 1.29 is 9.90 Å². The van der Waals surface area contributed by atoms with E-state index in [0.717, 1.165) is 50.9 Å². The highest BCUT2D eigenvalue weighted by Gasteiger charge is 2.39. The Hall–Kier alpha value is -1.73. The van der Waals surface area contributed by atoms with Crippen LogP contribution in [0.5, 0.6) is 0 Å². The number of nitrogen functional groups attached to an aromatic ring is 1. The zero-order chi connectivity index (χ0) is 18.7. The van der Waals surface area contributed by atoms with Gasteiger partial charge in [-0.3, -0.25) is 4.79 Å². The zero-order valence-corrected chi connectivity index (χ0v) is 15.7. The van der Waals surface area contributed by atoms with E-state index in [-0.39, 0.29) is 24.0 Å². The number of piperidine rings is 1. The van der Waals surface area contributed by atoms with E-state index >= 15 is 0 Å². The summed E-state index contributed by atoms with van der Waals surface area (Å²) in [6.45, 7) is 6.16. The molecule has 1 saturated carbocycles. The van der Waals surface area contributed by atoms with E-state index in [9.17, 15) is 9.90 Å². The first kappa shape index (κ1) is 19.0. The second-order valence-corrected chi connectivity index (χ2v) is 8.17. The van der Waals surface area contributed by atoms with Gasteiger partial charge in [0.05, 0.1) is 6.10 Å². The number of aliphatic hydroxyl groups excluding tert-OH is 1. The minimum Gasteiger partial charge on any atom is -0.393 e. The highest BCUT2D eigenvalue weighted by atomic mass is 16.3. The summed E-state index contributed by atoms with van der Waals surface area (Å²) in [6.07, 6.45) is 4.15. The number of aliphatic hydroxyl groups is 1. The molecular formula is C19H31N5O2. The summed E-state index contributed by atoms with van der Waals surface area (Å²) in [5.41, 5.74) is 6.96. The summed E-state index contributed by atoms with van der Waals surface area (Å²) in [6, 6.07) is 1.83. The maximum absolute atomic E-state index is 12.9. The Morgan fingerprint density at radius 1 is 1.31 bits per heavy atom. The van der Waals surface area contributed by atoms with E-state index in [1.165, 1.54) is 0 Å². The second-order valence-electron chi connectivity index (χ2n) is 8.17. The van der Waals surface area contributed by atoms with Crippen LogP contribution in [0, 0.1) is 17.8 Å². The molecule has 1 atom stereocenters. The van der Waals surface area contributed by atoms with Crippen LogP contribution < -0.4 is 16.4 Å². The van der Waals surface area contributed by atoms with Gasteiger partial charge in [0.1, 0.15) is 5.69 Å². The van der Waals surface area contributed by atoms with E-state index < -0.39 is 0 Å². The Morgan fingerprint density at radius 3 is 2.62 bits per heavy atom. The lowest BCUT2D eigenvalue weighted by atomic mass is 9.71. The maximum Gasteiger partial charge on any atom is 0.270 e. The van der Waals surface area contributed by atoms with Crippen molar-refractivity contribution in [2.24, 2.45) is 17.8 Å². The van der Waals surface area contributed by atoms with Gasteiger partial charge in [-0.15, -0.1) is 0 Å². The zero-order valence-electron chi connectivity index (χ0n) is 15.7. The van der Waals surface area contributed by atoms with Crippen molar-refractivity contribution in [3.63, 3.8) is 0 Å². The fourth-order valence-electron chi connectivity index (χ4n) is 4.13. The van der Waals surface area contributed by atoms with Gasteiger partial charge in [-0.25, -0.2) is 9.97 Å². The number of carbonyl (C=O) groups excluding carboxylic acids is 1. The van der Waals surface area contributed by atoms with Crippen LogP contribution in [0.2, 0.25) is 0 Å². The first-order chi connectivity index (χ1) is 12.4. The van der Waals surface area contributed by atoms with Gasteiger partial charge in [-0.2, -0.15) is 0 Å². The summed E-state index contributed by atoms with van der Waals surface area (Å²) in [5.74, 6) is 1.16. The van der Waals surface area contributed by atoms with Crippen molar-refractivity contribution in [1.29, 1.82) is 0 Å². The van der Waals surface area contributed by atoms with Crippen LogP contribution in [0.15, 0.2) is 6.07 Å². The van der Waals surface area contributed by atoms with Gasteiger partial charge >= 0.3 is 0 Å². The predicted molar refractivity (Wildman–Crippen MR) is 101 cm³/mol. The molecular weight excluding hydrogens is 330 g/mol. The minimum absolute atomic E-state index is 0.0812. The minimum atomic E-state index is -0.228. The molecule has 5 N–H and O–H groups in total. The quantitative estimate of drug-likeness (QED) is 0.604. The number of anilines is 1. The highest BCUT2D eigenvalue weighted by Crippen LogP contribution is 2.35. The van der Waals surface area contributed by atoms with Gasteiger partial charge in [-0.1, -0.05) is 13.8 Å². The molecule has 0 unspecified atom stereocenters. The van der Waals surface area contributed by atoms with Crippen molar-refractivity contribution in [1.82, 2.24) is 20.6 Å². The molecule has 0 bridgehead atoms. The molecule has 1 amide bonds. The monoisotopic (exact) mass is 361 g/mol. The number of nitrogens with zero attached hydrogens (tertiary/aromatic N) is 2. The fourth-order valence-corrected chi connectivity index (χ4v) is 4.13. The van der Waals surface area contributed by atoms with E-state index in [2.05, 4.69) is 34.4 Å². The van der Waals surface area contributed by atoms with Crippen molar-refractivity contribution in [2.75, 3.05) is 18.8 Å². The number of aromatic nitrogens is 2. The van der Waals surface area contributed by atoms with E-state index in [4.69, 9.17) is 5.73 Å². The highest BCUT2D eigenvalue weighted by molar-refractivity contribution is 5.92. The average Bonchev–Trinajstić information content (AvgIpc) is 2.56. The smallest absolute Gasteiger partial charge is 0.270 e. The lowest BCUT2D eigenvalue weighted by molar-refractivity contribution is 0.00913. The Bertz CT molecular complexity index is 624. The maximum atomic E-state index is 12.9. The Labute approximate surface area is 155 Å². The molecule has 2 fully saturated rings. The molecule has 0 aromatic carbocycles. The SMILES string of the molecule is CC(C)Cc1cc(C(=O)N[C@H](C2CCNCC2)C2CC(O)C2)nc(N)n1. The first-order valence-electron chi connectivity index (χ1n) is 9.75. The molecule has 0 radical (unpaired) electrons. The molecule has 0 spiro atoms. The third kappa shape index (κ3) is 4.71. The van der Waals surface area contributed by atoms with Crippen molar-refractivity contribution in [3.8, 4) is 0 Å². The number of nitrogens with one attached hydrogen (secondary N) is 2. The largest absolute Gasteiger partial charge is 0.393 e. The number of carbonyl (C=O) groups is 1. The average molecular weight is 361 g/mol. The molecule has 7 nitrogen and oxygen atoms in total. The molecule has 1 aromatic rings. The molecule has 2 heterocycles. The fraction of sp³-hybridized carbons (Fsp3) is 0.737. The lowest BCUT2D eigenvalue weighted by Crippen LogP contribution is -2.53. The van der Waals surface area contributed by atoms with Crippen LogP contribution in [0.25, 0.3) is 0 Å². The molecule has 1 aliphatic carbocycles. The summed E-state index contributed by atoms with van der Waals surface area (Å²) < 4.78 is 0. The number of hydrogen-bond acceptors (Lipinski definition) is 6. The van der Waals surface area contributed by atoms with Gasteiger partial charge in [0.15, 0.2) is 0 Å². The number of nitrogens with two attached hydrogens (primary N) is 1. The van der Waals surface area contributed by atoms with Gasteiger partial charge < -0.3 is 21.5 Å². The molecule has 2 aliphatic rings. The molecule has 1 aliphatic heterocycles. The van der Waals surface area contributed by atoms with Crippen LogP contribution in [-0.2, 0) is 6.42 Å². The summed E-state index contributed by atoms with van der Waals surface area (Å²) in [5, 5.41) is 16.3. The molecule has 26 heavy (non-hydrogen) atoms. The predicted octanol–water partition coefficient (Wildman–Crippen LogP) is 1.13. The Balaban J connectivity index is 1.73. The van der Waals surface area contributed by atoms with Crippen LogP contribution in [0.3, 0.4) is 0 Å². The topological polar surface area (TPSA) is 113 Å². The van der Waals surface area contributed by atoms with Gasteiger partial charge in [0, 0.05) is 11.7 Å². The second kappa shape index (κ2) is 8.31. The van der Waals surface area contributed by atoms with E-state index in [1.54, 1.807) is 6.07 Å². The van der Waals surface area contributed by atoms with Gasteiger partial charge in [0.25, 0.3) is 5.91 Å². The van der Waals surface area contributed by atoms with Crippen LogP contribution >= 0.6 is 0 Å². The Kier molecular flexibility index (Phi) is 6.09. The summed E-state index contributed by atoms with van der Waals surface area (Å²) in [4.78, 5) is 21.3. The molecule has 1 saturated heterocycles. The van der Waals surface area contributed by atoms with Crippen LogP contribution in [-0.4, -0.2) is 46.2 Å². The number of amides is 1. The lowest BCUT2D eigenvalue weighted by Gasteiger charge is -2.43.